The minimum Gasteiger partial charge on any atom is -0.486 e. The summed E-state index contributed by atoms with van der Waals surface area (Å²) in [7, 11) is 0. The van der Waals surface area contributed by atoms with Crippen molar-refractivity contribution in [2.45, 2.75) is 38.1 Å². The van der Waals surface area contributed by atoms with Crippen LogP contribution in [0.1, 0.15) is 43.0 Å². The van der Waals surface area contributed by atoms with Crippen molar-refractivity contribution >= 4 is 17.4 Å². The molecule has 0 saturated heterocycles. The first-order valence-corrected chi connectivity index (χ1v) is 7.67. The van der Waals surface area contributed by atoms with Crippen LogP contribution in [0.3, 0.4) is 0 Å². The third kappa shape index (κ3) is 2.00. The summed E-state index contributed by atoms with van der Waals surface area (Å²) < 4.78 is 12.5. The van der Waals surface area contributed by atoms with Crippen molar-refractivity contribution in [3.63, 3.8) is 0 Å². The van der Waals surface area contributed by atoms with Gasteiger partial charge >= 0.3 is 5.97 Å². The molecule has 0 aromatic carbocycles. The molecule has 1 saturated carbocycles. The maximum Gasteiger partial charge on any atom is 0.343 e. The van der Waals surface area contributed by atoms with Crippen LogP contribution in [0.15, 0.2) is 12.4 Å². The molecule has 2 aliphatic rings. The molecule has 0 atom stereocenters. The van der Waals surface area contributed by atoms with Gasteiger partial charge < -0.3 is 14.8 Å². The normalized spacial score (nSPS) is 18.8. The van der Waals surface area contributed by atoms with Gasteiger partial charge in [0.1, 0.15) is 12.2 Å². The molecule has 0 radical (unpaired) electrons. The first kappa shape index (κ1) is 13.4. The van der Waals surface area contributed by atoms with Gasteiger partial charge in [0.2, 0.25) is 0 Å². The monoisotopic (exact) mass is 302 g/mol. The second-order valence-electron chi connectivity index (χ2n) is 5.90. The minimum absolute atomic E-state index is 0.0115. The molecule has 116 valence electrons. The number of nitrogens with zero attached hydrogens (tertiary/aromatic N) is 3. The molecule has 0 bridgehead atoms. The number of anilines is 1. The van der Waals surface area contributed by atoms with Gasteiger partial charge in [-0.25, -0.2) is 14.3 Å². The van der Waals surface area contributed by atoms with Crippen molar-refractivity contribution in [2.75, 3.05) is 18.5 Å². The summed E-state index contributed by atoms with van der Waals surface area (Å²) in [4.78, 5) is 16.5. The molecular formula is C15H18N4O3. The molecule has 1 fully saturated rings. The van der Waals surface area contributed by atoms with E-state index in [4.69, 9.17) is 9.47 Å². The highest BCUT2D eigenvalue weighted by molar-refractivity contribution is 5.95. The average molecular weight is 302 g/mol. The van der Waals surface area contributed by atoms with E-state index in [0.717, 1.165) is 12.8 Å². The molecule has 7 heteroatoms. The van der Waals surface area contributed by atoms with E-state index in [-0.39, 0.29) is 5.54 Å². The number of ether oxygens (including phenoxy) is 2. The lowest BCUT2D eigenvalue weighted by Crippen LogP contribution is -2.44. The predicted octanol–water partition coefficient (Wildman–Crippen LogP) is 2.02. The number of nitrogens with one attached hydrogen (secondary N) is 1. The van der Waals surface area contributed by atoms with Gasteiger partial charge in [-0.3, -0.25) is 0 Å². The maximum atomic E-state index is 12.0. The van der Waals surface area contributed by atoms with Gasteiger partial charge in [-0.15, -0.1) is 0 Å². The summed E-state index contributed by atoms with van der Waals surface area (Å²) in [6, 6.07) is 0. The van der Waals surface area contributed by atoms with Gasteiger partial charge in [0.15, 0.2) is 17.2 Å². The van der Waals surface area contributed by atoms with Crippen LogP contribution in [0.2, 0.25) is 0 Å². The molecule has 1 N–H and O–H groups in total. The second kappa shape index (κ2) is 4.86. The highest BCUT2D eigenvalue weighted by atomic mass is 16.5. The molecule has 7 nitrogen and oxygen atoms in total. The molecule has 22 heavy (non-hydrogen) atoms. The zero-order valence-electron chi connectivity index (χ0n) is 12.5. The summed E-state index contributed by atoms with van der Waals surface area (Å²) in [6.45, 7) is 2.75. The third-order valence-electron chi connectivity index (χ3n) is 4.40. The van der Waals surface area contributed by atoms with Gasteiger partial charge in [0.25, 0.3) is 0 Å². The number of aromatic nitrogens is 3. The Morgan fingerprint density at radius 2 is 2.32 bits per heavy atom. The predicted molar refractivity (Wildman–Crippen MR) is 79.3 cm³/mol. The molecule has 1 spiro atoms. The van der Waals surface area contributed by atoms with Crippen LogP contribution in [0, 0.1) is 0 Å². The Morgan fingerprint density at radius 3 is 3.09 bits per heavy atom. The van der Waals surface area contributed by atoms with Crippen LogP contribution in [0.25, 0.3) is 5.65 Å². The SMILES string of the molecule is CCOC(=O)c1cnn2cc3c(nc12)NC1(CCCC1)CO3. The highest BCUT2D eigenvalue weighted by Gasteiger charge is 2.39. The van der Waals surface area contributed by atoms with Gasteiger partial charge in [0.05, 0.1) is 24.5 Å². The van der Waals surface area contributed by atoms with Gasteiger partial charge in [-0.2, -0.15) is 5.10 Å². The zero-order valence-corrected chi connectivity index (χ0v) is 12.5. The van der Waals surface area contributed by atoms with Crippen molar-refractivity contribution in [1.82, 2.24) is 14.6 Å². The molecule has 1 aliphatic heterocycles. The topological polar surface area (TPSA) is 77.8 Å². The Balaban J connectivity index is 1.75. The minimum atomic E-state index is -0.405. The lowest BCUT2D eigenvalue weighted by atomic mass is 9.98. The van der Waals surface area contributed by atoms with Crippen molar-refractivity contribution in [3.8, 4) is 5.75 Å². The first-order chi connectivity index (χ1) is 10.7. The molecular weight excluding hydrogens is 284 g/mol. The molecule has 4 rings (SSSR count). The summed E-state index contributed by atoms with van der Waals surface area (Å²) >= 11 is 0. The second-order valence-corrected chi connectivity index (χ2v) is 5.90. The quantitative estimate of drug-likeness (QED) is 0.855. The maximum absolute atomic E-state index is 12.0. The fraction of sp³-hybridized carbons (Fsp3) is 0.533. The smallest absolute Gasteiger partial charge is 0.343 e. The van der Waals surface area contributed by atoms with Crippen LogP contribution in [0.5, 0.6) is 5.75 Å². The summed E-state index contributed by atoms with van der Waals surface area (Å²) in [5.41, 5.74) is 0.850. The number of hydrogen-bond acceptors (Lipinski definition) is 6. The van der Waals surface area contributed by atoms with Gasteiger partial charge in [-0.05, 0) is 19.8 Å². The van der Waals surface area contributed by atoms with E-state index >= 15 is 0 Å². The Labute approximate surface area is 127 Å². The van der Waals surface area contributed by atoms with Crippen LogP contribution in [-0.2, 0) is 4.74 Å². The molecule has 2 aromatic heterocycles. The Hall–Kier alpha value is -2.31. The number of carbonyl (C=O) groups is 1. The molecule has 3 heterocycles. The van der Waals surface area contributed by atoms with Crippen molar-refractivity contribution < 1.29 is 14.3 Å². The standard InChI is InChI=1S/C15H18N4O3/c1-2-21-14(20)10-7-16-19-8-11-12(17-13(10)19)18-15(9-22-11)5-3-4-6-15/h7-8H,2-6,9H2,1H3,(H,17,18). The number of hydrogen-bond donors (Lipinski definition) is 1. The van der Waals surface area contributed by atoms with E-state index in [1.54, 1.807) is 17.6 Å². The largest absolute Gasteiger partial charge is 0.486 e. The van der Waals surface area contributed by atoms with Crippen LogP contribution in [0.4, 0.5) is 5.82 Å². The van der Waals surface area contributed by atoms with E-state index < -0.39 is 5.97 Å². The number of carbonyl (C=O) groups excluding carboxylic acids is 1. The fourth-order valence-corrected chi connectivity index (χ4v) is 3.27. The lowest BCUT2D eigenvalue weighted by Gasteiger charge is -2.35. The Bertz CT molecular complexity index is 734. The summed E-state index contributed by atoms with van der Waals surface area (Å²) in [6.07, 6.45) is 7.82. The Kier molecular flexibility index (Phi) is 2.95. The van der Waals surface area contributed by atoms with Crippen LogP contribution < -0.4 is 10.1 Å². The molecule has 0 unspecified atom stereocenters. The Morgan fingerprint density at radius 1 is 1.50 bits per heavy atom. The number of fused-ring (bicyclic) bond motifs is 2. The van der Waals surface area contributed by atoms with E-state index in [1.165, 1.54) is 19.0 Å². The highest BCUT2D eigenvalue weighted by Crippen LogP contribution is 2.39. The zero-order chi connectivity index (χ0) is 15.2. The number of rotatable bonds is 2. The molecule has 2 aromatic rings. The van der Waals surface area contributed by atoms with Crippen LogP contribution >= 0.6 is 0 Å². The van der Waals surface area contributed by atoms with E-state index in [1.807, 2.05) is 0 Å². The average Bonchev–Trinajstić information content (AvgIpc) is 3.12. The van der Waals surface area contributed by atoms with Gasteiger partial charge in [0, 0.05) is 0 Å². The third-order valence-corrected chi connectivity index (χ3v) is 4.40. The van der Waals surface area contributed by atoms with E-state index in [2.05, 4.69) is 15.4 Å². The fourth-order valence-electron chi connectivity index (χ4n) is 3.27. The molecule has 1 aliphatic carbocycles. The summed E-state index contributed by atoms with van der Waals surface area (Å²) in [5, 5.41) is 7.69. The van der Waals surface area contributed by atoms with Gasteiger partial charge in [-0.1, -0.05) is 12.8 Å². The molecule has 0 amide bonds. The van der Waals surface area contributed by atoms with E-state index in [9.17, 15) is 4.79 Å². The van der Waals surface area contributed by atoms with Crippen molar-refractivity contribution in [3.05, 3.63) is 18.0 Å². The first-order valence-electron chi connectivity index (χ1n) is 7.67. The van der Waals surface area contributed by atoms with E-state index in [0.29, 0.717) is 36.0 Å². The van der Waals surface area contributed by atoms with Crippen molar-refractivity contribution in [1.29, 1.82) is 0 Å². The summed E-state index contributed by atoms with van der Waals surface area (Å²) in [5.74, 6) is 0.951. The number of esters is 1. The lowest BCUT2D eigenvalue weighted by molar-refractivity contribution is 0.0528. The van der Waals surface area contributed by atoms with Crippen LogP contribution in [-0.4, -0.2) is 39.3 Å². The van der Waals surface area contributed by atoms with Crippen molar-refractivity contribution in [2.24, 2.45) is 0 Å².